The predicted molar refractivity (Wildman–Crippen MR) is 84.8 cm³/mol. The number of nitrogens with two attached hydrogens (primary N) is 1. The van der Waals surface area contributed by atoms with Crippen LogP contribution in [0.5, 0.6) is 0 Å². The van der Waals surface area contributed by atoms with Gasteiger partial charge in [-0.25, -0.2) is 4.68 Å². The Labute approximate surface area is 130 Å². The van der Waals surface area contributed by atoms with E-state index in [-0.39, 0.29) is 0 Å². The maximum atomic E-state index is 5.88. The number of nitrogens with zero attached hydrogens (tertiary/aromatic N) is 3. The van der Waals surface area contributed by atoms with Crippen LogP contribution in [-0.4, -0.2) is 15.0 Å². The van der Waals surface area contributed by atoms with Gasteiger partial charge in [0, 0.05) is 10.0 Å². The molecule has 0 aliphatic rings. The molecule has 2 heterocycles. The standard InChI is InChI=1S/C15H15BrN4O/c1-2-13-15(17)18-19-20(13)9-12-7-8-14(21-12)10-3-5-11(16)6-4-10/h3-8H,2,9,17H2,1H3. The van der Waals surface area contributed by atoms with Crippen molar-refractivity contribution in [2.75, 3.05) is 5.73 Å². The van der Waals surface area contributed by atoms with Gasteiger partial charge in [-0.3, -0.25) is 0 Å². The average Bonchev–Trinajstić information content (AvgIpc) is 3.07. The molecular weight excluding hydrogens is 332 g/mol. The molecule has 0 unspecified atom stereocenters. The van der Waals surface area contributed by atoms with Gasteiger partial charge in [-0.1, -0.05) is 40.2 Å². The van der Waals surface area contributed by atoms with Crippen LogP contribution >= 0.6 is 15.9 Å². The summed E-state index contributed by atoms with van der Waals surface area (Å²) < 4.78 is 8.70. The van der Waals surface area contributed by atoms with E-state index in [4.69, 9.17) is 10.2 Å². The number of rotatable bonds is 4. The normalized spacial score (nSPS) is 11.0. The quantitative estimate of drug-likeness (QED) is 0.784. The fraction of sp³-hybridized carbons (Fsp3) is 0.200. The van der Waals surface area contributed by atoms with Crippen LogP contribution in [0.1, 0.15) is 18.4 Å². The summed E-state index contributed by atoms with van der Waals surface area (Å²) in [6.07, 6.45) is 0.791. The minimum atomic E-state index is 0.484. The summed E-state index contributed by atoms with van der Waals surface area (Å²) in [4.78, 5) is 0. The Morgan fingerprint density at radius 1 is 1.19 bits per heavy atom. The fourth-order valence-corrected chi connectivity index (χ4v) is 2.48. The van der Waals surface area contributed by atoms with Crippen molar-refractivity contribution in [2.24, 2.45) is 0 Å². The third kappa shape index (κ3) is 2.85. The van der Waals surface area contributed by atoms with Crippen LogP contribution in [-0.2, 0) is 13.0 Å². The summed E-state index contributed by atoms with van der Waals surface area (Å²) >= 11 is 3.42. The van der Waals surface area contributed by atoms with Gasteiger partial charge in [0.1, 0.15) is 18.1 Å². The van der Waals surface area contributed by atoms with Crippen molar-refractivity contribution in [2.45, 2.75) is 19.9 Å². The summed E-state index contributed by atoms with van der Waals surface area (Å²) in [6.45, 7) is 2.56. The molecule has 0 aliphatic heterocycles. The molecule has 0 spiro atoms. The first kappa shape index (κ1) is 13.9. The molecule has 108 valence electrons. The molecule has 1 aromatic carbocycles. The van der Waals surface area contributed by atoms with Gasteiger partial charge in [0.2, 0.25) is 0 Å². The van der Waals surface area contributed by atoms with Gasteiger partial charge in [0.05, 0.1) is 5.69 Å². The predicted octanol–water partition coefficient (Wildman–Crippen LogP) is 3.49. The van der Waals surface area contributed by atoms with Crippen LogP contribution in [0.2, 0.25) is 0 Å². The molecule has 3 rings (SSSR count). The highest BCUT2D eigenvalue weighted by Gasteiger charge is 2.11. The van der Waals surface area contributed by atoms with Crippen molar-refractivity contribution < 1.29 is 4.42 Å². The Morgan fingerprint density at radius 3 is 2.67 bits per heavy atom. The summed E-state index contributed by atoms with van der Waals surface area (Å²) in [7, 11) is 0. The van der Waals surface area contributed by atoms with Crippen molar-refractivity contribution in [3.05, 3.63) is 52.3 Å². The van der Waals surface area contributed by atoms with Crippen molar-refractivity contribution >= 4 is 21.7 Å². The Bertz CT molecular complexity index is 745. The van der Waals surface area contributed by atoms with Crippen LogP contribution in [0.15, 0.2) is 45.3 Å². The molecule has 2 aromatic heterocycles. The number of benzene rings is 1. The van der Waals surface area contributed by atoms with Gasteiger partial charge in [-0.15, -0.1) is 5.10 Å². The van der Waals surface area contributed by atoms with E-state index in [2.05, 4.69) is 26.2 Å². The maximum absolute atomic E-state index is 5.88. The lowest BCUT2D eigenvalue weighted by molar-refractivity contribution is 0.478. The molecule has 5 nitrogen and oxygen atoms in total. The second-order valence-electron chi connectivity index (χ2n) is 4.71. The summed E-state index contributed by atoms with van der Waals surface area (Å²) in [5.74, 6) is 2.15. The van der Waals surface area contributed by atoms with Crippen molar-refractivity contribution in [3.8, 4) is 11.3 Å². The van der Waals surface area contributed by atoms with Crippen molar-refractivity contribution in [1.82, 2.24) is 15.0 Å². The molecule has 0 bridgehead atoms. The first-order valence-corrected chi connectivity index (χ1v) is 7.49. The van der Waals surface area contributed by atoms with E-state index >= 15 is 0 Å². The Balaban J connectivity index is 1.83. The molecule has 0 fully saturated rings. The van der Waals surface area contributed by atoms with Crippen LogP contribution in [0.3, 0.4) is 0 Å². The molecule has 0 aliphatic carbocycles. The minimum absolute atomic E-state index is 0.484. The van der Waals surface area contributed by atoms with Crippen LogP contribution in [0.25, 0.3) is 11.3 Å². The number of hydrogen-bond donors (Lipinski definition) is 1. The molecular formula is C15H15BrN4O. The third-order valence-electron chi connectivity index (χ3n) is 3.30. The number of hydrogen-bond acceptors (Lipinski definition) is 4. The van der Waals surface area contributed by atoms with E-state index in [1.165, 1.54) is 0 Å². The maximum Gasteiger partial charge on any atom is 0.169 e. The van der Waals surface area contributed by atoms with Gasteiger partial charge in [0.15, 0.2) is 5.82 Å². The number of anilines is 1. The lowest BCUT2D eigenvalue weighted by atomic mass is 10.2. The lowest BCUT2D eigenvalue weighted by Crippen LogP contribution is -2.06. The number of furan rings is 1. The van der Waals surface area contributed by atoms with Crippen molar-refractivity contribution in [3.63, 3.8) is 0 Å². The zero-order chi connectivity index (χ0) is 14.8. The molecule has 3 aromatic rings. The topological polar surface area (TPSA) is 69.9 Å². The Hall–Kier alpha value is -2.08. The van der Waals surface area contributed by atoms with E-state index < -0.39 is 0 Å². The summed E-state index contributed by atoms with van der Waals surface area (Å²) in [5, 5.41) is 7.95. The lowest BCUT2D eigenvalue weighted by Gasteiger charge is -2.02. The SMILES string of the molecule is CCc1c(N)nnn1Cc1ccc(-c2ccc(Br)cc2)o1. The van der Waals surface area contributed by atoms with Crippen LogP contribution in [0.4, 0.5) is 5.82 Å². The highest BCUT2D eigenvalue weighted by molar-refractivity contribution is 9.10. The average molecular weight is 347 g/mol. The molecule has 0 radical (unpaired) electrons. The van der Waals surface area contributed by atoms with Gasteiger partial charge in [-0.2, -0.15) is 0 Å². The smallest absolute Gasteiger partial charge is 0.169 e. The minimum Gasteiger partial charge on any atom is -0.459 e. The molecule has 6 heteroatoms. The van der Waals surface area contributed by atoms with Crippen molar-refractivity contribution in [1.29, 1.82) is 0 Å². The molecule has 21 heavy (non-hydrogen) atoms. The molecule has 0 saturated carbocycles. The highest BCUT2D eigenvalue weighted by Crippen LogP contribution is 2.24. The van der Waals surface area contributed by atoms with Gasteiger partial charge >= 0.3 is 0 Å². The Kier molecular flexibility index (Phi) is 3.79. The second kappa shape index (κ2) is 5.73. The molecule has 0 atom stereocenters. The highest BCUT2D eigenvalue weighted by atomic mass is 79.9. The first-order chi connectivity index (χ1) is 10.2. The second-order valence-corrected chi connectivity index (χ2v) is 5.62. The van der Waals surface area contributed by atoms with Gasteiger partial charge in [0.25, 0.3) is 0 Å². The van der Waals surface area contributed by atoms with E-state index in [1.54, 1.807) is 4.68 Å². The van der Waals surface area contributed by atoms with Gasteiger partial charge in [-0.05, 0) is 30.7 Å². The molecule has 2 N–H and O–H groups in total. The van der Waals surface area contributed by atoms with E-state index in [0.717, 1.165) is 33.7 Å². The summed E-state index contributed by atoms with van der Waals surface area (Å²) in [6, 6.07) is 11.9. The molecule has 0 saturated heterocycles. The zero-order valence-corrected chi connectivity index (χ0v) is 13.2. The van der Waals surface area contributed by atoms with E-state index in [9.17, 15) is 0 Å². The van der Waals surface area contributed by atoms with Crippen LogP contribution in [0, 0.1) is 0 Å². The monoisotopic (exact) mass is 346 g/mol. The fourth-order valence-electron chi connectivity index (χ4n) is 2.22. The number of aromatic nitrogens is 3. The number of nitrogen functional groups attached to an aromatic ring is 1. The number of halogens is 1. The van der Waals surface area contributed by atoms with Crippen LogP contribution < -0.4 is 5.73 Å². The van der Waals surface area contributed by atoms with E-state index in [0.29, 0.717) is 12.4 Å². The zero-order valence-electron chi connectivity index (χ0n) is 11.6. The Morgan fingerprint density at radius 2 is 1.95 bits per heavy atom. The van der Waals surface area contributed by atoms with Gasteiger partial charge < -0.3 is 10.2 Å². The first-order valence-electron chi connectivity index (χ1n) is 6.70. The molecule has 0 amide bonds. The van der Waals surface area contributed by atoms with E-state index in [1.807, 2.05) is 43.3 Å². The largest absolute Gasteiger partial charge is 0.459 e. The summed E-state index contributed by atoms with van der Waals surface area (Å²) in [5.41, 5.74) is 7.75. The third-order valence-corrected chi connectivity index (χ3v) is 3.83.